The summed E-state index contributed by atoms with van der Waals surface area (Å²) < 4.78 is 4.73. The van der Waals surface area contributed by atoms with Crippen molar-refractivity contribution in [2.24, 2.45) is 0 Å². The Hall–Kier alpha value is -1.36. The maximum atomic E-state index is 4.73. The minimum absolute atomic E-state index is 0.734. The van der Waals surface area contributed by atoms with Gasteiger partial charge in [0.15, 0.2) is 5.16 Å². The summed E-state index contributed by atoms with van der Waals surface area (Å²) in [6.45, 7) is 0. The van der Waals surface area contributed by atoms with Gasteiger partial charge in [-0.3, -0.25) is 0 Å². The largest absolute Gasteiger partial charge is 0.364 e. The van der Waals surface area contributed by atoms with Crippen LogP contribution in [0.5, 0.6) is 0 Å². The lowest BCUT2D eigenvalue weighted by atomic mass is 10.3. The zero-order valence-electron chi connectivity index (χ0n) is 6.97. The minimum Gasteiger partial charge on any atom is -0.364 e. The van der Waals surface area contributed by atoms with Crippen LogP contribution in [0.2, 0.25) is 0 Å². The first-order valence-electron chi connectivity index (χ1n) is 3.68. The molecule has 0 aromatic carbocycles. The maximum absolute atomic E-state index is 4.73. The second-order valence-electron chi connectivity index (χ2n) is 2.31. The molecule has 4 nitrogen and oxygen atoms in total. The molecule has 2 aromatic rings. The molecule has 0 fully saturated rings. The zero-order valence-corrected chi connectivity index (χ0v) is 7.78. The van der Waals surface area contributed by atoms with E-state index in [4.69, 9.17) is 4.52 Å². The summed E-state index contributed by atoms with van der Waals surface area (Å²) in [6.07, 6.45) is 5.17. The van der Waals surface area contributed by atoms with Crippen molar-refractivity contribution in [3.05, 3.63) is 24.6 Å². The van der Waals surface area contributed by atoms with E-state index >= 15 is 0 Å². The molecule has 2 heterocycles. The Labute approximate surface area is 79.4 Å². The Morgan fingerprint density at radius 2 is 2.23 bits per heavy atom. The Bertz CT molecular complexity index is 388. The Kier molecular flexibility index (Phi) is 2.27. The van der Waals surface area contributed by atoms with Crippen molar-refractivity contribution >= 4 is 11.8 Å². The van der Waals surface area contributed by atoms with Crippen LogP contribution in [-0.4, -0.2) is 21.4 Å². The van der Waals surface area contributed by atoms with Gasteiger partial charge in [0.25, 0.3) is 0 Å². The van der Waals surface area contributed by atoms with Crippen molar-refractivity contribution in [2.45, 2.75) is 5.16 Å². The molecule has 0 aliphatic heterocycles. The monoisotopic (exact) mass is 193 g/mol. The summed E-state index contributed by atoms with van der Waals surface area (Å²) in [5, 5.41) is 4.52. The lowest BCUT2D eigenvalue weighted by molar-refractivity contribution is 0.422. The van der Waals surface area contributed by atoms with Crippen molar-refractivity contribution in [3.8, 4) is 11.4 Å². The van der Waals surface area contributed by atoms with Gasteiger partial charge >= 0.3 is 0 Å². The summed E-state index contributed by atoms with van der Waals surface area (Å²) in [5.41, 5.74) is 1.52. The first-order chi connectivity index (χ1) is 6.40. The highest BCUT2D eigenvalue weighted by Crippen LogP contribution is 2.16. The molecule has 13 heavy (non-hydrogen) atoms. The molecule has 0 saturated carbocycles. The first kappa shape index (κ1) is 8.25. The van der Waals surface area contributed by atoms with E-state index in [1.54, 1.807) is 18.3 Å². The number of nitrogens with zero attached hydrogens (tertiary/aromatic N) is 3. The smallest absolute Gasteiger partial charge is 0.187 e. The summed E-state index contributed by atoms with van der Waals surface area (Å²) >= 11 is 1.50. The van der Waals surface area contributed by atoms with E-state index in [0.717, 1.165) is 16.5 Å². The van der Waals surface area contributed by atoms with Crippen LogP contribution in [-0.2, 0) is 0 Å². The van der Waals surface area contributed by atoms with Crippen LogP contribution >= 0.6 is 11.8 Å². The quantitative estimate of drug-likeness (QED) is 0.538. The van der Waals surface area contributed by atoms with Crippen LogP contribution < -0.4 is 0 Å². The molecule has 2 aromatic heterocycles. The predicted octanol–water partition coefficient (Wildman–Crippen LogP) is 1.85. The molecule has 0 radical (unpaired) electrons. The highest BCUT2D eigenvalue weighted by Gasteiger charge is 2.03. The van der Waals surface area contributed by atoms with Gasteiger partial charge in [0.1, 0.15) is 12.0 Å². The van der Waals surface area contributed by atoms with Gasteiger partial charge in [0.2, 0.25) is 0 Å². The summed E-state index contributed by atoms with van der Waals surface area (Å²) in [7, 11) is 0. The van der Waals surface area contributed by atoms with Gasteiger partial charge in [-0.2, -0.15) is 0 Å². The molecule has 0 N–H and O–H groups in total. The first-order valence-corrected chi connectivity index (χ1v) is 4.90. The Balaban J connectivity index is 2.41. The SMILES string of the molecule is CSc1nccc(-c2ccon2)n1. The molecule has 2 rings (SSSR count). The van der Waals surface area contributed by atoms with Crippen LogP contribution in [0.1, 0.15) is 0 Å². The molecule has 0 aliphatic carbocycles. The third-order valence-corrected chi connectivity index (χ3v) is 2.08. The molecular formula is C8H7N3OS. The normalized spacial score (nSPS) is 10.2. The lowest BCUT2D eigenvalue weighted by Gasteiger charge is -1.96. The number of aromatic nitrogens is 3. The number of hydrogen-bond donors (Lipinski definition) is 0. The number of thioether (sulfide) groups is 1. The van der Waals surface area contributed by atoms with Crippen molar-refractivity contribution < 1.29 is 4.52 Å². The van der Waals surface area contributed by atoms with Gasteiger partial charge in [-0.1, -0.05) is 16.9 Å². The Morgan fingerprint density at radius 3 is 2.92 bits per heavy atom. The maximum Gasteiger partial charge on any atom is 0.187 e. The van der Waals surface area contributed by atoms with Gasteiger partial charge < -0.3 is 4.52 Å². The number of hydrogen-bond acceptors (Lipinski definition) is 5. The summed E-state index contributed by atoms with van der Waals surface area (Å²) in [5.74, 6) is 0. The molecule has 0 aliphatic rings. The van der Waals surface area contributed by atoms with Gasteiger partial charge in [-0.15, -0.1) is 0 Å². The third kappa shape index (κ3) is 1.70. The van der Waals surface area contributed by atoms with E-state index in [2.05, 4.69) is 15.1 Å². The molecule has 66 valence electrons. The fourth-order valence-electron chi connectivity index (χ4n) is 0.926. The lowest BCUT2D eigenvalue weighted by Crippen LogP contribution is -1.88. The molecule has 0 atom stereocenters. The van der Waals surface area contributed by atoms with Crippen LogP contribution in [0.25, 0.3) is 11.4 Å². The van der Waals surface area contributed by atoms with Crippen molar-refractivity contribution in [1.82, 2.24) is 15.1 Å². The van der Waals surface area contributed by atoms with E-state index in [9.17, 15) is 0 Å². The van der Waals surface area contributed by atoms with Crippen molar-refractivity contribution in [1.29, 1.82) is 0 Å². The standard InChI is InChI=1S/C8H7N3OS/c1-13-8-9-4-2-6(10-8)7-3-5-12-11-7/h2-5H,1H3. The number of rotatable bonds is 2. The predicted molar refractivity (Wildman–Crippen MR) is 49.3 cm³/mol. The summed E-state index contributed by atoms with van der Waals surface area (Å²) in [6, 6.07) is 3.57. The molecular weight excluding hydrogens is 186 g/mol. The van der Waals surface area contributed by atoms with Gasteiger partial charge in [-0.25, -0.2) is 9.97 Å². The highest BCUT2D eigenvalue weighted by atomic mass is 32.2. The van der Waals surface area contributed by atoms with E-state index in [1.165, 1.54) is 18.0 Å². The van der Waals surface area contributed by atoms with Gasteiger partial charge in [0.05, 0.1) is 5.69 Å². The molecule has 0 saturated heterocycles. The second kappa shape index (κ2) is 3.57. The minimum atomic E-state index is 0.734. The van der Waals surface area contributed by atoms with Crippen molar-refractivity contribution in [3.63, 3.8) is 0 Å². The fraction of sp³-hybridized carbons (Fsp3) is 0.125. The average Bonchev–Trinajstić information content (AvgIpc) is 2.71. The van der Waals surface area contributed by atoms with Gasteiger partial charge in [0, 0.05) is 12.3 Å². The van der Waals surface area contributed by atoms with E-state index in [-0.39, 0.29) is 0 Å². The van der Waals surface area contributed by atoms with Crippen LogP contribution in [0.15, 0.2) is 34.3 Å². The molecule has 0 amide bonds. The average molecular weight is 193 g/mol. The van der Waals surface area contributed by atoms with E-state index in [1.807, 2.05) is 6.26 Å². The van der Waals surface area contributed by atoms with E-state index < -0.39 is 0 Å². The molecule has 5 heteroatoms. The van der Waals surface area contributed by atoms with E-state index in [0.29, 0.717) is 0 Å². The van der Waals surface area contributed by atoms with Crippen LogP contribution in [0, 0.1) is 0 Å². The zero-order chi connectivity index (χ0) is 9.10. The summed E-state index contributed by atoms with van der Waals surface area (Å²) in [4.78, 5) is 8.32. The van der Waals surface area contributed by atoms with Crippen molar-refractivity contribution in [2.75, 3.05) is 6.26 Å². The Morgan fingerprint density at radius 1 is 1.31 bits per heavy atom. The molecule has 0 bridgehead atoms. The van der Waals surface area contributed by atoms with Gasteiger partial charge in [-0.05, 0) is 12.3 Å². The van der Waals surface area contributed by atoms with Crippen LogP contribution in [0.4, 0.5) is 0 Å². The third-order valence-electron chi connectivity index (χ3n) is 1.52. The van der Waals surface area contributed by atoms with Crippen LogP contribution in [0.3, 0.4) is 0 Å². The second-order valence-corrected chi connectivity index (χ2v) is 3.09. The highest BCUT2D eigenvalue weighted by molar-refractivity contribution is 7.98. The molecule has 0 unspecified atom stereocenters. The topological polar surface area (TPSA) is 51.8 Å². The fourth-order valence-corrected chi connectivity index (χ4v) is 1.28. The molecule has 0 spiro atoms.